The Kier molecular flexibility index (Phi) is 7.77. The van der Waals surface area contributed by atoms with Crippen LogP contribution in [0.25, 0.3) is 75.5 Å². The van der Waals surface area contributed by atoms with Gasteiger partial charge in [-0.05, 0) is 97.4 Å². The molecule has 1 aromatic heterocycles. The molecule has 0 fully saturated rings. The molecule has 0 spiro atoms. The van der Waals surface area contributed by atoms with Gasteiger partial charge in [-0.3, -0.25) is 0 Å². The zero-order valence-electron chi connectivity index (χ0n) is 31.9. The molecule has 0 amide bonds. The van der Waals surface area contributed by atoms with Gasteiger partial charge in [0.25, 0.3) is 0 Å². The monoisotopic (exact) mass is 745 g/mol. The maximum Gasteiger partial charge on any atom is 0.0546 e. The molecule has 11 rings (SSSR count). The zero-order chi connectivity index (χ0) is 38.1. The number of benzene rings is 9. The fraction of sp³-hybridized carbons (Fsp3) is 0.0545. The van der Waals surface area contributed by atoms with Crippen LogP contribution in [-0.2, 0) is 5.41 Å². The number of rotatable bonds is 6. The maximum absolute atomic E-state index is 2.48. The smallest absolute Gasteiger partial charge is 0.0546 e. The predicted octanol–water partition coefficient (Wildman–Crippen LogP) is 16.0. The van der Waals surface area contributed by atoms with Gasteiger partial charge in [-0.25, -0.2) is 0 Å². The summed E-state index contributed by atoms with van der Waals surface area (Å²) in [5.41, 5.74) is 16.1. The summed E-state index contributed by atoms with van der Waals surface area (Å²) < 4.78 is 2.66. The molecule has 0 atom stereocenters. The van der Waals surface area contributed by atoms with Gasteiger partial charge >= 0.3 is 0 Å². The lowest BCUT2D eigenvalue weighted by Crippen LogP contribution is -2.16. The van der Waals surface area contributed by atoms with Crippen molar-refractivity contribution in [2.75, 3.05) is 4.90 Å². The van der Waals surface area contributed by atoms with E-state index in [4.69, 9.17) is 0 Å². The zero-order valence-corrected chi connectivity index (χ0v) is 32.7. The number of nitrogens with zero attached hydrogens (tertiary/aromatic N) is 1. The molecule has 0 unspecified atom stereocenters. The molecule has 57 heavy (non-hydrogen) atoms. The average Bonchev–Trinajstić information content (AvgIpc) is 3.77. The van der Waals surface area contributed by atoms with Crippen molar-refractivity contribution < 1.29 is 0 Å². The first-order valence-electron chi connectivity index (χ1n) is 19.8. The van der Waals surface area contributed by atoms with Crippen molar-refractivity contribution in [1.82, 2.24) is 0 Å². The van der Waals surface area contributed by atoms with Gasteiger partial charge in [0.1, 0.15) is 0 Å². The molecule has 1 aliphatic rings. The van der Waals surface area contributed by atoms with E-state index in [1.807, 2.05) is 11.3 Å². The fourth-order valence-corrected chi connectivity index (χ4v) is 10.6. The van der Waals surface area contributed by atoms with Crippen LogP contribution >= 0.6 is 11.3 Å². The summed E-state index contributed by atoms with van der Waals surface area (Å²) >= 11 is 1.88. The van der Waals surface area contributed by atoms with Crippen molar-refractivity contribution in [3.8, 4) is 44.5 Å². The highest BCUT2D eigenvalue weighted by molar-refractivity contribution is 7.26. The lowest BCUT2D eigenvalue weighted by atomic mass is 9.79. The number of thiophene rings is 1. The van der Waals surface area contributed by atoms with Gasteiger partial charge in [0.2, 0.25) is 0 Å². The molecule has 0 aliphatic heterocycles. The Balaban J connectivity index is 1.13. The van der Waals surface area contributed by atoms with E-state index in [0.29, 0.717) is 0 Å². The second-order valence-electron chi connectivity index (χ2n) is 15.7. The van der Waals surface area contributed by atoms with Crippen LogP contribution in [0, 0.1) is 0 Å². The van der Waals surface area contributed by atoms with Crippen LogP contribution in [0.3, 0.4) is 0 Å². The lowest BCUT2D eigenvalue weighted by Gasteiger charge is -2.30. The van der Waals surface area contributed by atoms with Crippen LogP contribution in [0.5, 0.6) is 0 Å². The topological polar surface area (TPSA) is 3.24 Å². The second-order valence-corrected chi connectivity index (χ2v) is 16.7. The van der Waals surface area contributed by atoms with E-state index in [2.05, 4.69) is 219 Å². The molecule has 0 N–H and O–H groups in total. The first-order chi connectivity index (χ1) is 28.0. The predicted molar refractivity (Wildman–Crippen MR) is 245 cm³/mol. The van der Waals surface area contributed by atoms with E-state index in [1.165, 1.54) is 92.3 Å². The first kappa shape index (κ1) is 33.6. The molecular weight excluding hydrogens is 707 g/mol. The third-order valence-corrected chi connectivity index (χ3v) is 13.3. The van der Waals surface area contributed by atoms with Crippen molar-refractivity contribution in [3.05, 3.63) is 211 Å². The van der Waals surface area contributed by atoms with Crippen molar-refractivity contribution in [2.24, 2.45) is 0 Å². The summed E-state index contributed by atoms with van der Waals surface area (Å²) in [7, 11) is 0. The van der Waals surface area contributed by atoms with E-state index in [-0.39, 0.29) is 5.41 Å². The Bertz CT molecular complexity index is 3120. The van der Waals surface area contributed by atoms with Gasteiger partial charge in [0.05, 0.1) is 5.69 Å². The van der Waals surface area contributed by atoms with Crippen LogP contribution in [0.1, 0.15) is 25.0 Å². The Morgan fingerprint density at radius 2 is 0.930 bits per heavy atom. The third-order valence-electron chi connectivity index (χ3n) is 12.1. The summed E-state index contributed by atoms with van der Waals surface area (Å²) in [6.07, 6.45) is 0. The highest BCUT2D eigenvalue weighted by Gasteiger charge is 2.39. The minimum Gasteiger partial charge on any atom is -0.310 e. The molecule has 1 heterocycles. The summed E-state index contributed by atoms with van der Waals surface area (Å²) in [4.78, 5) is 2.47. The molecule has 0 saturated carbocycles. The van der Waals surface area contributed by atoms with Crippen LogP contribution in [0.4, 0.5) is 17.1 Å². The molecule has 10 aromatic rings. The van der Waals surface area contributed by atoms with Crippen LogP contribution in [-0.4, -0.2) is 0 Å². The van der Waals surface area contributed by atoms with E-state index < -0.39 is 0 Å². The van der Waals surface area contributed by atoms with Crippen LogP contribution in [0.15, 0.2) is 200 Å². The Morgan fingerprint density at radius 3 is 1.65 bits per heavy atom. The largest absolute Gasteiger partial charge is 0.310 e. The number of fused-ring (bicyclic) bond motifs is 8. The van der Waals surface area contributed by atoms with Gasteiger partial charge < -0.3 is 4.90 Å². The molecular formula is C55H39NS. The summed E-state index contributed by atoms with van der Waals surface area (Å²) in [5, 5.41) is 5.18. The molecule has 0 bridgehead atoms. The van der Waals surface area contributed by atoms with E-state index in [9.17, 15) is 0 Å². The standard InChI is InChI=1S/C55H39NS/c1-55(2)49-25-14-22-42(38-17-7-4-8-18-38)52(49)48-35-50(44-19-9-10-21-46(44)53(48)55)56(40-31-27-37(28-32-40)36-15-5-3-6-16-36)41-33-29-39(30-34-41)43-23-13-24-47-45-20-11-12-26-51(45)57-54(43)47/h3-35H,1-2H3. The number of hydrogen-bond donors (Lipinski definition) is 0. The SMILES string of the molecule is CC1(C)c2cccc(-c3ccccc3)c2-c2cc(N(c3ccc(-c4ccccc4)cc3)c3ccc(-c4cccc5c4sc4ccccc45)cc3)c3ccccc3c21. The fourth-order valence-electron chi connectivity index (χ4n) is 9.39. The Labute approximate surface area is 337 Å². The summed E-state index contributed by atoms with van der Waals surface area (Å²) in [5.74, 6) is 0. The Morgan fingerprint density at radius 1 is 0.404 bits per heavy atom. The quantitative estimate of drug-likeness (QED) is 0.164. The molecule has 0 radical (unpaired) electrons. The molecule has 270 valence electrons. The molecule has 9 aromatic carbocycles. The minimum atomic E-state index is -0.176. The van der Waals surface area contributed by atoms with Gasteiger partial charge in [-0.15, -0.1) is 11.3 Å². The van der Waals surface area contributed by atoms with Crippen LogP contribution in [0.2, 0.25) is 0 Å². The summed E-state index contributed by atoms with van der Waals surface area (Å²) in [6.45, 7) is 4.79. The molecule has 1 nitrogen and oxygen atoms in total. The second kappa shape index (κ2) is 13.2. The van der Waals surface area contributed by atoms with Crippen molar-refractivity contribution in [3.63, 3.8) is 0 Å². The molecule has 1 aliphatic carbocycles. The average molecular weight is 746 g/mol. The normalized spacial score (nSPS) is 12.9. The third kappa shape index (κ3) is 5.36. The van der Waals surface area contributed by atoms with E-state index >= 15 is 0 Å². The first-order valence-corrected chi connectivity index (χ1v) is 20.6. The van der Waals surface area contributed by atoms with Gasteiger partial charge in [0.15, 0.2) is 0 Å². The van der Waals surface area contributed by atoms with Crippen molar-refractivity contribution >= 4 is 59.3 Å². The maximum atomic E-state index is 2.48. The summed E-state index contributed by atoms with van der Waals surface area (Å²) in [6, 6.07) is 73.7. The molecule has 0 saturated heterocycles. The highest BCUT2D eigenvalue weighted by atomic mass is 32.1. The highest BCUT2D eigenvalue weighted by Crippen LogP contribution is 2.57. The number of anilines is 3. The van der Waals surface area contributed by atoms with Crippen molar-refractivity contribution in [2.45, 2.75) is 19.3 Å². The van der Waals surface area contributed by atoms with Gasteiger partial charge in [-0.1, -0.05) is 178 Å². The van der Waals surface area contributed by atoms with E-state index in [1.54, 1.807) is 0 Å². The minimum absolute atomic E-state index is 0.176. The molecule has 2 heteroatoms. The Hall–Kier alpha value is -6.74. The van der Waals surface area contributed by atoms with Crippen molar-refractivity contribution in [1.29, 1.82) is 0 Å². The van der Waals surface area contributed by atoms with Gasteiger partial charge in [0, 0.05) is 42.3 Å². The van der Waals surface area contributed by atoms with Crippen LogP contribution < -0.4 is 4.90 Å². The lowest BCUT2D eigenvalue weighted by molar-refractivity contribution is 0.666. The number of hydrogen-bond acceptors (Lipinski definition) is 2. The van der Waals surface area contributed by atoms with Gasteiger partial charge in [-0.2, -0.15) is 0 Å². The van der Waals surface area contributed by atoms with E-state index in [0.717, 1.165) is 11.4 Å².